The van der Waals surface area contributed by atoms with Crippen LogP contribution in [0.25, 0.3) is 0 Å². The normalized spacial score (nSPS) is 24.0. The zero-order valence-corrected chi connectivity index (χ0v) is 19.0. The fourth-order valence-corrected chi connectivity index (χ4v) is 6.58. The SMILES string of the molecule is CC1CCCC(N(C)C(=O)c2cc(S(=O)(=O)N3CCc4ccccc43)cn2C)C1C. The van der Waals surface area contributed by atoms with Gasteiger partial charge in [-0.05, 0) is 42.4 Å². The number of carbonyl (C=O) groups excluding carboxylic acids is 1. The first-order valence-corrected chi connectivity index (χ1v) is 12.2. The number of carbonyl (C=O) groups is 1. The standard InChI is InChI=1S/C23H31N3O3S/c1-16-8-7-11-20(17(16)2)25(4)23(27)22-14-19(15-24(22)3)30(28,29)26-13-12-18-9-5-6-10-21(18)26/h5-6,9-10,14-17,20H,7-8,11-13H2,1-4H3. The predicted molar refractivity (Wildman–Crippen MR) is 118 cm³/mol. The zero-order chi connectivity index (χ0) is 21.6. The van der Waals surface area contributed by atoms with Crippen molar-refractivity contribution >= 4 is 21.6 Å². The quantitative estimate of drug-likeness (QED) is 0.745. The van der Waals surface area contributed by atoms with Gasteiger partial charge in [-0.2, -0.15) is 0 Å². The van der Waals surface area contributed by atoms with Crippen molar-refractivity contribution in [3.8, 4) is 0 Å². The molecule has 0 spiro atoms. The molecular weight excluding hydrogens is 398 g/mol. The Morgan fingerprint density at radius 2 is 1.90 bits per heavy atom. The molecule has 2 heterocycles. The average molecular weight is 430 g/mol. The number of benzene rings is 1. The molecule has 1 saturated carbocycles. The molecule has 1 aliphatic carbocycles. The van der Waals surface area contributed by atoms with Gasteiger partial charge in [-0.25, -0.2) is 8.42 Å². The number of nitrogens with zero attached hydrogens (tertiary/aromatic N) is 3. The molecule has 1 aromatic heterocycles. The number of para-hydroxylation sites is 1. The molecule has 162 valence electrons. The molecular formula is C23H31N3O3S. The Kier molecular flexibility index (Phi) is 5.43. The van der Waals surface area contributed by atoms with Gasteiger partial charge in [-0.3, -0.25) is 9.10 Å². The van der Waals surface area contributed by atoms with Crippen LogP contribution in [0.4, 0.5) is 5.69 Å². The van der Waals surface area contributed by atoms with Crippen LogP contribution >= 0.6 is 0 Å². The Labute approximate surface area is 179 Å². The largest absolute Gasteiger partial charge is 0.345 e. The van der Waals surface area contributed by atoms with E-state index in [-0.39, 0.29) is 16.8 Å². The average Bonchev–Trinajstić information content (AvgIpc) is 3.33. The van der Waals surface area contributed by atoms with Gasteiger partial charge in [0.25, 0.3) is 15.9 Å². The number of aryl methyl sites for hydroxylation is 1. The molecule has 0 bridgehead atoms. The van der Waals surface area contributed by atoms with E-state index in [1.807, 2.05) is 36.2 Å². The van der Waals surface area contributed by atoms with Gasteiger partial charge in [0.1, 0.15) is 10.6 Å². The first kappa shape index (κ1) is 21.0. The summed E-state index contributed by atoms with van der Waals surface area (Å²) in [5.74, 6) is 0.891. The van der Waals surface area contributed by atoms with Crippen LogP contribution in [-0.4, -0.2) is 43.4 Å². The van der Waals surface area contributed by atoms with E-state index in [0.29, 0.717) is 30.5 Å². The summed E-state index contributed by atoms with van der Waals surface area (Å²) in [5.41, 5.74) is 2.18. The summed E-state index contributed by atoms with van der Waals surface area (Å²) in [6.07, 6.45) is 5.57. The lowest BCUT2D eigenvalue weighted by atomic mass is 9.77. The lowest BCUT2D eigenvalue weighted by molar-refractivity contribution is 0.0553. The number of hydrogen-bond donors (Lipinski definition) is 0. The Morgan fingerprint density at radius 3 is 2.67 bits per heavy atom. The second-order valence-electron chi connectivity index (χ2n) is 8.88. The Balaban J connectivity index is 1.61. The highest BCUT2D eigenvalue weighted by Gasteiger charge is 2.35. The van der Waals surface area contributed by atoms with Crippen molar-refractivity contribution < 1.29 is 13.2 Å². The zero-order valence-electron chi connectivity index (χ0n) is 18.2. The van der Waals surface area contributed by atoms with Crippen molar-refractivity contribution in [3.63, 3.8) is 0 Å². The highest BCUT2D eigenvalue weighted by atomic mass is 32.2. The molecule has 2 aliphatic rings. The summed E-state index contributed by atoms with van der Waals surface area (Å²) in [7, 11) is -0.128. The van der Waals surface area contributed by atoms with Crippen LogP contribution < -0.4 is 4.31 Å². The maximum absolute atomic E-state index is 13.3. The summed E-state index contributed by atoms with van der Waals surface area (Å²) in [4.78, 5) is 15.3. The van der Waals surface area contributed by atoms with Gasteiger partial charge >= 0.3 is 0 Å². The lowest BCUT2D eigenvalue weighted by Crippen LogP contribution is -2.45. The molecule has 4 rings (SSSR count). The fourth-order valence-electron chi connectivity index (χ4n) is 5.00. The van der Waals surface area contributed by atoms with Crippen LogP contribution in [0.5, 0.6) is 0 Å². The Morgan fingerprint density at radius 1 is 1.17 bits per heavy atom. The molecule has 1 aromatic carbocycles. The second kappa shape index (κ2) is 7.76. The monoisotopic (exact) mass is 429 g/mol. The van der Waals surface area contributed by atoms with E-state index < -0.39 is 10.0 Å². The van der Waals surface area contributed by atoms with Crippen LogP contribution in [0, 0.1) is 11.8 Å². The first-order chi connectivity index (χ1) is 14.2. The van der Waals surface area contributed by atoms with Gasteiger partial charge in [0.05, 0.1) is 5.69 Å². The maximum atomic E-state index is 13.3. The number of aromatic nitrogens is 1. The Hall–Kier alpha value is -2.28. The van der Waals surface area contributed by atoms with E-state index >= 15 is 0 Å². The smallest absolute Gasteiger partial charge is 0.270 e. The molecule has 1 fully saturated rings. The lowest BCUT2D eigenvalue weighted by Gasteiger charge is -2.39. The van der Waals surface area contributed by atoms with Crippen LogP contribution in [0.2, 0.25) is 0 Å². The maximum Gasteiger partial charge on any atom is 0.270 e. The van der Waals surface area contributed by atoms with E-state index in [9.17, 15) is 13.2 Å². The van der Waals surface area contributed by atoms with E-state index in [2.05, 4.69) is 13.8 Å². The summed E-state index contributed by atoms with van der Waals surface area (Å²) in [6.45, 7) is 4.89. The molecule has 0 N–H and O–H groups in total. The number of anilines is 1. The molecule has 1 amide bonds. The third kappa shape index (κ3) is 3.43. The molecule has 1 aliphatic heterocycles. The summed E-state index contributed by atoms with van der Waals surface area (Å²) >= 11 is 0. The fraction of sp³-hybridized carbons (Fsp3) is 0.522. The van der Waals surface area contributed by atoms with Crippen LogP contribution in [0.3, 0.4) is 0 Å². The van der Waals surface area contributed by atoms with E-state index in [0.717, 1.165) is 24.1 Å². The third-order valence-electron chi connectivity index (χ3n) is 7.11. The molecule has 3 unspecified atom stereocenters. The van der Waals surface area contributed by atoms with Crippen molar-refractivity contribution in [2.75, 3.05) is 17.9 Å². The number of rotatable bonds is 4. The van der Waals surface area contributed by atoms with E-state index in [4.69, 9.17) is 0 Å². The summed E-state index contributed by atoms with van der Waals surface area (Å²) < 4.78 is 29.8. The van der Waals surface area contributed by atoms with Gasteiger partial charge in [0.2, 0.25) is 0 Å². The summed E-state index contributed by atoms with van der Waals surface area (Å²) in [5, 5.41) is 0. The van der Waals surface area contributed by atoms with Gasteiger partial charge in [-0.15, -0.1) is 0 Å². The summed E-state index contributed by atoms with van der Waals surface area (Å²) in [6, 6.07) is 9.30. The number of hydrogen-bond acceptors (Lipinski definition) is 3. The predicted octanol–water partition coefficient (Wildman–Crippen LogP) is 3.67. The van der Waals surface area contributed by atoms with Gasteiger partial charge in [0.15, 0.2) is 0 Å². The minimum absolute atomic E-state index is 0.119. The van der Waals surface area contributed by atoms with Crippen molar-refractivity contribution in [3.05, 3.63) is 47.8 Å². The highest BCUT2D eigenvalue weighted by molar-refractivity contribution is 7.92. The highest BCUT2D eigenvalue weighted by Crippen LogP contribution is 2.35. The Bertz CT molecular complexity index is 1060. The molecule has 7 heteroatoms. The molecule has 6 nitrogen and oxygen atoms in total. The molecule has 2 aromatic rings. The van der Waals surface area contributed by atoms with Crippen LogP contribution in [0.1, 0.15) is 49.2 Å². The first-order valence-electron chi connectivity index (χ1n) is 10.8. The molecule has 30 heavy (non-hydrogen) atoms. The van der Waals surface area contributed by atoms with Crippen molar-refractivity contribution in [2.24, 2.45) is 18.9 Å². The third-order valence-corrected chi connectivity index (χ3v) is 8.89. The minimum atomic E-state index is -3.72. The van der Waals surface area contributed by atoms with E-state index in [1.165, 1.54) is 16.8 Å². The molecule has 0 radical (unpaired) electrons. The number of amides is 1. The van der Waals surface area contributed by atoms with Gasteiger partial charge in [-0.1, -0.05) is 44.9 Å². The minimum Gasteiger partial charge on any atom is -0.345 e. The number of fused-ring (bicyclic) bond motifs is 1. The van der Waals surface area contributed by atoms with E-state index in [1.54, 1.807) is 17.8 Å². The van der Waals surface area contributed by atoms with Gasteiger partial charge < -0.3 is 9.47 Å². The topological polar surface area (TPSA) is 62.6 Å². The van der Waals surface area contributed by atoms with Crippen LogP contribution in [-0.2, 0) is 23.5 Å². The second-order valence-corrected chi connectivity index (χ2v) is 10.7. The molecule has 0 saturated heterocycles. The van der Waals surface area contributed by atoms with Gasteiger partial charge in [0, 0.05) is 32.9 Å². The molecule has 3 atom stereocenters. The van der Waals surface area contributed by atoms with Crippen molar-refractivity contribution in [1.29, 1.82) is 0 Å². The van der Waals surface area contributed by atoms with Crippen molar-refractivity contribution in [1.82, 2.24) is 9.47 Å². The van der Waals surface area contributed by atoms with Crippen molar-refractivity contribution in [2.45, 2.75) is 50.5 Å². The number of sulfonamides is 1. The van der Waals surface area contributed by atoms with Crippen LogP contribution in [0.15, 0.2) is 41.4 Å².